The van der Waals surface area contributed by atoms with Gasteiger partial charge in [-0.2, -0.15) is 5.10 Å². The van der Waals surface area contributed by atoms with E-state index in [1.54, 1.807) is 16.0 Å². The Labute approximate surface area is 304 Å². The summed E-state index contributed by atoms with van der Waals surface area (Å²) >= 11 is 1.67. The molecular formula is C41H54N6O3S. The number of aromatic nitrogens is 5. The van der Waals surface area contributed by atoms with Crippen LogP contribution >= 0.6 is 11.3 Å². The Bertz CT molecular complexity index is 2240. The lowest BCUT2D eigenvalue weighted by Gasteiger charge is -2.23. The molecule has 272 valence electrons. The van der Waals surface area contributed by atoms with Crippen molar-refractivity contribution in [2.75, 3.05) is 0 Å². The van der Waals surface area contributed by atoms with Crippen molar-refractivity contribution in [2.24, 2.45) is 5.41 Å². The molecule has 0 bridgehead atoms. The standard InChI is InChI=1S/C14H18N2OS.C14H18N2O.C13H18N2O/c1-8(2)16-13(17)12-10(7-15-16)9-5-14(3,4)6-11(9)18-12;1-10(2)15-8-6-13-12(14(15)17)9-11-5-3-4-7-16(11)13;1-9(2)15-8-12-11(13(15)16)7-10-5-3-4-6-14(10)12/h7-8H,5-6H2,1-4H3;6,8-10H,3-5,7H2,1-2H3;7,9H,3-6,8H2,1-2H3. The lowest BCUT2D eigenvalue weighted by molar-refractivity contribution is 0.0728. The monoisotopic (exact) mass is 710 g/mol. The van der Waals surface area contributed by atoms with Crippen molar-refractivity contribution in [3.63, 3.8) is 0 Å². The SMILES string of the molecule is CC(C)N1Cc2c(cc3n2CCCC3)C1=O.CC(C)n1ccc2c(cc3n2CCCC3)c1=O.CC(C)n1ncc2c3c(sc2c1=O)CC(C)(C)C3. The summed E-state index contributed by atoms with van der Waals surface area (Å²) < 4.78 is 8.97. The Kier molecular flexibility index (Phi) is 9.44. The number of rotatable bonds is 3. The first-order valence-electron chi connectivity index (χ1n) is 19.0. The van der Waals surface area contributed by atoms with Crippen LogP contribution < -0.4 is 11.1 Å². The highest BCUT2D eigenvalue weighted by atomic mass is 32.1. The zero-order chi connectivity index (χ0) is 36.4. The van der Waals surface area contributed by atoms with Gasteiger partial charge in [0.2, 0.25) is 0 Å². The van der Waals surface area contributed by atoms with Crippen molar-refractivity contribution >= 4 is 38.2 Å². The minimum Gasteiger partial charge on any atom is -0.346 e. The van der Waals surface area contributed by atoms with E-state index < -0.39 is 0 Å². The predicted octanol–water partition coefficient (Wildman–Crippen LogP) is 8.07. The second-order valence-corrected chi connectivity index (χ2v) is 17.7. The van der Waals surface area contributed by atoms with Crippen LogP contribution in [0.15, 0.2) is 40.2 Å². The fraction of sp³-hybridized carbons (Fsp3) is 0.561. The van der Waals surface area contributed by atoms with Crippen LogP contribution in [0.1, 0.15) is 131 Å². The molecule has 0 N–H and O–H groups in total. The van der Waals surface area contributed by atoms with Gasteiger partial charge < -0.3 is 18.6 Å². The van der Waals surface area contributed by atoms with E-state index in [0.29, 0.717) is 11.5 Å². The van der Waals surface area contributed by atoms with Crippen molar-refractivity contribution in [3.05, 3.63) is 84.4 Å². The zero-order valence-electron chi connectivity index (χ0n) is 31.7. The van der Waals surface area contributed by atoms with Crippen molar-refractivity contribution in [1.82, 2.24) is 28.4 Å². The third-order valence-electron chi connectivity index (χ3n) is 11.1. The Morgan fingerprint density at radius 1 is 0.784 bits per heavy atom. The van der Waals surface area contributed by atoms with Crippen LogP contribution in [0.3, 0.4) is 0 Å². The van der Waals surface area contributed by atoms with Crippen molar-refractivity contribution in [1.29, 1.82) is 0 Å². The molecule has 0 saturated carbocycles. The molecule has 3 aliphatic heterocycles. The van der Waals surface area contributed by atoms with Gasteiger partial charge in [-0.3, -0.25) is 14.4 Å². The van der Waals surface area contributed by atoms with Crippen LogP contribution in [-0.4, -0.2) is 40.3 Å². The maximum absolute atomic E-state index is 12.3. The molecule has 8 heterocycles. The van der Waals surface area contributed by atoms with E-state index in [2.05, 4.69) is 60.1 Å². The highest BCUT2D eigenvalue weighted by molar-refractivity contribution is 7.19. The maximum Gasteiger partial charge on any atom is 0.284 e. The molecule has 0 spiro atoms. The third kappa shape index (κ3) is 6.42. The molecule has 10 heteroatoms. The van der Waals surface area contributed by atoms with E-state index in [9.17, 15) is 14.4 Å². The molecule has 0 unspecified atom stereocenters. The van der Waals surface area contributed by atoms with E-state index in [1.165, 1.54) is 53.2 Å². The minimum atomic E-state index is 0.0692. The molecule has 4 aliphatic rings. The second-order valence-electron chi connectivity index (χ2n) is 16.5. The molecular weight excluding hydrogens is 657 g/mol. The van der Waals surface area contributed by atoms with E-state index in [-0.39, 0.29) is 29.1 Å². The number of fused-ring (bicyclic) bond motifs is 9. The molecule has 0 aromatic carbocycles. The Hall–Kier alpha value is -3.92. The third-order valence-corrected chi connectivity index (χ3v) is 12.4. The average molecular weight is 711 g/mol. The quantitative estimate of drug-likeness (QED) is 0.190. The largest absolute Gasteiger partial charge is 0.346 e. The zero-order valence-corrected chi connectivity index (χ0v) is 32.5. The van der Waals surface area contributed by atoms with E-state index >= 15 is 0 Å². The first-order valence-corrected chi connectivity index (χ1v) is 19.8. The number of carbonyl (C=O) groups is 1. The molecule has 0 radical (unpaired) electrons. The molecule has 9 rings (SSSR count). The Morgan fingerprint density at radius 2 is 1.47 bits per heavy atom. The van der Waals surface area contributed by atoms with Crippen LogP contribution in [0.2, 0.25) is 0 Å². The summed E-state index contributed by atoms with van der Waals surface area (Å²) in [4.78, 5) is 40.2. The smallest absolute Gasteiger partial charge is 0.284 e. The number of thiophene rings is 1. The highest BCUT2D eigenvalue weighted by Crippen LogP contribution is 2.43. The fourth-order valence-electron chi connectivity index (χ4n) is 8.43. The fourth-order valence-corrected chi connectivity index (χ4v) is 9.91. The Balaban J connectivity index is 0.000000120. The number of aryl methyl sites for hydroxylation is 3. The summed E-state index contributed by atoms with van der Waals surface area (Å²) in [6.45, 7) is 19.8. The van der Waals surface area contributed by atoms with Gasteiger partial charge in [0.15, 0.2) is 0 Å². The molecule has 0 fully saturated rings. The molecule has 51 heavy (non-hydrogen) atoms. The number of hydrogen-bond donors (Lipinski definition) is 0. The van der Waals surface area contributed by atoms with Gasteiger partial charge in [-0.05, 0) is 122 Å². The molecule has 5 aromatic rings. The van der Waals surface area contributed by atoms with Gasteiger partial charge in [0.05, 0.1) is 40.9 Å². The topological polar surface area (TPSA) is 87.1 Å². The summed E-state index contributed by atoms with van der Waals surface area (Å²) in [5.41, 5.74) is 7.94. The second kappa shape index (κ2) is 13.6. The Morgan fingerprint density at radius 3 is 2.14 bits per heavy atom. The van der Waals surface area contributed by atoms with E-state index in [4.69, 9.17) is 0 Å². The summed E-state index contributed by atoms with van der Waals surface area (Å²) in [5, 5.41) is 6.29. The van der Waals surface area contributed by atoms with Gasteiger partial charge in [0, 0.05) is 53.0 Å². The van der Waals surface area contributed by atoms with Gasteiger partial charge in [-0.15, -0.1) is 11.3 Å². The minimum absolute atomic E-state index is 0.0692. The number of carbonyl (C=O) groups excluding carboxylic acids is 1. The number of pyridine rings is 1. The molecule has 1 amide bonds. The van der Waals surface area contributed by atoms with Crippen molar-refractivity contribution in [3.8, 4) is 0 Å². The van der Waals surface area contributed by atoms with E-state index in [1.807, 2.05) is 49.6 Å². The lowest BCUT2D eigenvalue weighted by atomic mass is 9.90. The molecule has 0 saturated heterocycles. The van der Waals surface area contributed by atoms with Crippen molar-refractivity contribution in [2.45, 2.75) is 145 Å². The summed E-state index contributed by atoms with van der Waals surface area (Å²) in [6.07, 6.45) is 13.2. The number of nitrogens with zero attached hydrogens (tertiary/aromatic N) is 6. The van der Waals surface area contributed by atoms with Crippen LogP contribution in [0.4, 0.5) is 0 Å². The van der Waals surface area contributed by atoms with E-state index in [0.717, 1.165) is 71.9 Å². The van der Waals surface area contributed by atoms with Crippen LogP contribution in [0.5, 0.6) is 0 Å². The molecule has 9 nitrogen and oxygen atoms in total. The maximum atomic E-state index is 12.3. The highest BCUT2D eigenvalue weighted by Gasteiger charge is 2.34. The predicted molar refractivity (Wildman–Crippen MR) is 207 cm³/mol. The van der Waals surface area contributed by atoms with Crippen LogP contribution in [0.25, 0.3) is 21.0 Å². The van der Waals surface area contributed by atoms with Crippen LogP contribution in [-0.2, 0) is 45.3 Å². The normalized spacial score (nSPS) is 17.4. The molecule has 0 atom stereocenters. The summed E-state index contributed by atoms with van der Waals surface area (Å²) in [7, 11) is 0. The lowest BCUT2D eigenvalue weighted by Crippen LogP contribution is -2.31. The molecule has 5 aromatic heterocycles. The van der Waals surface area contributed by atoms with Gasteiger partial charge >= 0.3 is 0 Å². The van der Waals surface area contributed by atoms with Gasteiger partial charge in [-0.25, -0.2) is 4.68 Å². The van der Waals surface area contributed by atoms with Crippen LogP contribution in [0, 0.1) is 5.41 Å². The first-order chi connectivity index (χ1) is 24.3. The summed E-state index contributed by atoms with van der Waals surface area (Å²) in [6, 6.07) is 6.96. The molecule has 1 aliphatic carbocycles. The number of amides is 1. The first kappa shape index (κ1) is 35.5. The van der Waals surface area contributed by atoms with Gasteiger partial charge in [0.1, 0.15) is 4.70 Å². The summed E-state index contributed by atoms with van der Waals surface area (Å²) in [5.74, 6) is 0.229. The van der Waals surface area contributed by atoms with Gasteiger partial charge in [-0.1, -0.05) is 13.8 Å². The van der Waals surface area contributed by atoms with Gasteiger partial charge in [0.25, 0.3) is 17.0 Å². The van der Waals surface area contributed by atoms with Crippen molar-refractivity contribution < 1.29 is 4.79 Å². The average Bonchev–Trinajstić information content (AvgIpc) is 3.87. The number of hydrogen-bond acceptors (Lipinski definition) is 5.